The predicted molar refractivity (Wildman–Crippen MR) is 127 cm³/mol. The monoisotopic (exact) mass is 441 g/mol. The lowest BCUT2D eigenvalue weighted by molar-refractivity contribution is 0.0952. The zero-order valence-corrected chi connectivity index (χ0v) is 19.1. The van der Waals surface area contributed by atoms with Crippen molar-refractivity contribution in [3.8, 4) is 0 Å². The second-order valence-corrected chi connectivity index (χ2v) is 8.85. The second-order valence-electron chi connectivity index (χ2n) is 8.85. The molecule has 4 aromatic rings. The van der Waals surface area contributed by atoms with E-state index in [0.29, 0.717) is 28.9 Å². The average Bonchev–Trinajstić information content (AvgIpc) is 3.22. The van der Waals surface area contributed by atoms with Crippen LogP contribution in [0.5, 0.6) is 0 Å². The Bertz CT molecular complexity index is 1310. The molecule has 0 aliphatic carbocycles. The third-order valence-corrected chi connectivity index (χ3v) is 6.19. The van der Waals surface area contributed by atoms with E-state index >= 15 is 0 Å². The summed E-state index contributed by atoms with van der Waals surface area (Å²) in [6.07, 6.45) is 2.86. The van der Waals surface area contributed by atoms with Crippen molar-refractivity contribution in [1.82, 2.24) is 20.4 Å². The van der Waals surface area contributed by atoms with Crippen molar-refractivity contribution < 1.29 is 9.32 Å². The molecular formula is C26H27N5O2. The number of carbonyl (C=O) groups is 1. The molecule has 5 rings (SSSR count). The number of pyridine rings is 2. The van der Waals surface area contributed by atoms with Crippen molar-refractivity contribution in [3.05, 3.63) is 82.3 Å². The third-order valence-electron chi connectivity index (χ3n) is 6.19. The minimum absolute atomic E-state index is 0.171. The quantitative estimate of drug-likeness (QED) is 0.489. The van der Waals surface area contributed by atoms with Gasteiger partial charge >= 0.3 is 0 Å². The van der Waals surface area contributed by atoms with Crippen LogP contribution in [0.15, 0.2) is 53.2 Å². The number of rotatable bonds is 5. The van der Waals surface area contributed by atoms with Gasteiger partial charge in [-0.15, -0.1) is 0 Å². The van der Waals surface area contributed by atoms with Crippen LogP contribution in [0.4, 0.5) is 5.82 Å². The molecule has 7 heteroatoms. The lowest BCUT2D eigenvalue weighted by Gasteiger charge is -2.29. The maximum Gasteiger partial charge on any atom is 0.259 e. The average molecular weight is 442 g/mol. The minimum atomic E-state index is -0.174. The summed E-state index contributed by atoms with van der Waals surface area (Å²) < 4.78 is 5.33. The normalized spacial score (nSPS) is 13.4. The number of nitrogens with one attached hydrogen (secondary N) is 1. The summed E-state index contributed by atoms with van der Waals surface area (Å²) in [6, 6.07) is 14.5. The maximum atomic E-state index is 13.1. The van der Waals surface area contributed by atoms with E-state index in [-0.39, 0.29) is 11.8 Å². The Hall–Kier alpha value is -3.74. The van der Waals surface area contributed by atoms with Gasteiger partial charge in [0.15, 0.2) is 0 Å². The molecule has 1 N–H and O–H groups in total. The molecule has 1 aromatic carbocycles. The number of benzene rings is 1. The Morgan fingerprint density at radius 1 is 1.18 bits per heavy atom. The van der Waals surface area contributed by atoms with E-state index in [9.17, 15) is 4.79 Å². The van der Waals surface area contributed by atoms with Crippen LogP contribution >= 0.6 is 0 Å². The van der Waals surface area contributed by atoms with Gasteiger partial charge in [-0.1, -0.05) is 49.3 Å². The summed E-state index contributed by atoms with van der Waals surface area (Å²) in [7, 11) is 0. The van der Waals surface area contributed by atoms with Gasteiger partial charge in [0.05, 0.1) is 16.6 Å². The van der Waals surface area contributed by atoms with Gasteiger partial charge in [0.1, 0.15) is 5.82 Å². The first-order valence-electron chi connectivity index (χ1n) is 11.3. The Morgan fingerprint density at radius 3 is 2.76 bits per heavy atom. The first-order chi connectivity index (χ1) is 16.0. The highest BCUT2D eigenvalue weighted by molar-refractivity contribution is 6.06. The summed E-state index contributed by atoms with van der Waals surface area (Å²) in [5.41, 5.74) is 6.13. The first-order valence-corrected chi connectivity index (χ1v) is 11.3. The fourth-order valence-electron chi connectivity index (χ4n) is 4.27. The van der Waals surface area contributed by atoms with E-state index in [1.165, 1.54) is 11.1 Å². The Balaban J connectivity index is 1.29. The van der Waals surface area contributed by atoms with Crippen molar-refractivity contribution in [2.75, 3.05) is 11.4 Å². The molecule has 0 unspecified atom stereocenters. The van der Waals surface area contributed by atoms with Crippen molar-refractivity contribution in [3.63, 3.8) is 0 Å². The summed E-state index contributed by atoms with van der Waals surface area (Å²) in [5, 5.41) is 7.67. The first kappa shape index (κ1) is 21.1. The smallest absolute Gasteiger partial charge is 0.259 e. The molecule has 7 nitrogen and oxygen atoms in total. The highest BCUT2D eigenvalue weighted by atomic mass is 16.5. The van der Waals surface area contributed by atoms with E-state index < -0.39 is 0 Å². The van der Waals surface area contributed by atoms with Crippen molar-refractivity contribution in [2.24, 2.45) is 0 Å². The number of aromatic nitrogens is 3. The Morgan fingerprint density at radius 2 is 2.00 bits per heavy atom. The molecule has 0 saturated heterocycles. The van der Waals surface area contributed by atoms with Crippen LogP contribution in [-0.2, 0) is 19.5 Å². The number of fused-ring (bicyclic) bond motifs is 2. The van der Waals surface area contributed by atoms with Crippen LogP contribution in [0.25, 0.3) is 11.1 Å². The number of anilines is 1. The summed E-state index contributed by atoms with van der Waals surface area (Å²) >= 11 is 0. The van der Waals surface area contributed by atoms with Crippen LogP contribution in [0, 0.1) is 6.92 Å². The van der Waals surface area contributed by atoms with Gasteiger partial charge in [0, 0.05) is 31.5 Å². The number of hydrogen-bond acceptors (Lipinski definition) is 6. The van der Waals surface area contributed by atoms with Crippen molar-refractivity contribution >= 4 is 22.8 Å². The van der Waals surface area contributed by atoms with Crippen molar-refractivity contribution in [1.29, 1.82) is 0 Å². The van der Waals surface area contributed by atoms with E-state index in [4.69, 9.17) is 4.52 Å². The molecule has 0 fully saturated rings. The van der Waals surface area contributed by atoms with Gasteiger partial charge in [-0.3, -0.25) is 4.79 Å². The van der Waals surface area contributed by atoms with Crippen molar-refractivity contribution in [2.45, 2.75) is 46.2 Å². The molecule has 33 heavy (non-hydrogen) atoms. The standard InChI is InChI=1S/C26H27N5O2/c1-16(2)22-12-21(24-17(3)30-33-26(24)29-22)25(32)28-14-18-8-9-23(27-13-18)31-11-10-19-6-4-5-7-20(19)15-31/h4-9,12-13,16H,10-11,14-15H2,1-3H3,(H,28,32). The molecule has 0 saturated carbocycles. The molecule has 0 spiro atoms. The molecule has 1 aliphatic heterocycles. The summed E-state index contributed by atoms with van der Waals surface area (Å²) in [5.74, 6) is 0.953. The van der Waals surface area contributed by atoms with Gasteiger partial charge < -0.3 is 14.7 Å². The summed E-state index contributed by atoms with van der Waals surface area (Å²) in [4.78, 5) is 24.5. The summed E-state index contributed by atoms with van der Waals surface area (Å²) in [6.45, 7) is 8.10. The lowest BCUT2D eigenvalue weighted by atomic mass is 10.00. The molecule has 0 atom stereocenters. The Labute approximate surface area is 192 Å². The largest absolute Gasteiger partial charge is 0.352 e. The number of nitrogens with zero attached hydrogens (tertiary/aromatic N) is 4. The van der Waals surface area contributed by atoms with Gasteiger partial charge in [-0.05, 0) is 48.1 Å². The number of aryl methyl sites for hydroxylation is 1. The highest BCUT2D eigenvalue weighted by Crippen LogP contribution is 2.26. The zero-order valence-electron chi connectivity index (χ0n) is 19.1. The van der Waals surface area contributed by atoms with E-state index in [1.54, 1.807) is 0 Å². The van der Waals surface area contributed by atoms with E-state index in [0.717, 1.165) is 36.6 Å². The van der Waals surface area contributed by atoms with Crippen LogP contribution in [0.3, 0.4) is 0 Å². The fraction of sp³-hybridized carbons (Fsp3) is 0.308. The highest BCUT2D eigenvalue weighted by Gasteiger charge is 2.20. The number of amides is 1. The maximum absolute atomic E-state index is 13.1. The molecule has 168 valence electrons. The fourth-order valence-corrected chi connectivity index (χ4v) is 4.27. The second kappa shape index (κ2) is 8.65. The minimum Gasteiger partial charge on any atom is -0.352 e. The molecule has 3 aromatic heterocycles. The topological polar surface area (TPSA) is 84.1 Å². The van der Waals surface area contributed by atoms with Crippen LogP contribution < -0.4 is 10.2 Å². The number of hydrogen-bond donors (Lipinski definition) is 1. The van der Waals surface area contributed by atoms with Gasteiger partial charge in [0.2, 0.25) is 0 Å². The Kier molecular flexibility index (Phi) is 5.54. The number of carbonyl (C=O) groups excluding carboxylic acids is 1. The molecule has 1 aliphatic rings. The zero-order chi connectivity index (χ0) is 22.9. The van der Waals surface area contributed by atoms with Crippen LogP contribution in [0.2, 0.25) is 0 Å². The lowest BCUT2D eigenvalue weighted by Crippen LogP contribution is -2.31. The van der Waals surface area contributed by atoms with Crippen LogP contribution in [-0.4, -0.2) is 27.6 Å². The predicted octanol–water partition coefficient (Wildman–Crippen LogP) is 4.54. The van der Waals surface area contributed by atoms with Crippen LogP contribution in [0.1, 0.15) is 58.2 Å². The molecule has 0 bridgehead atoms. The third kappa shape index (κ3) is 4.18. The van der Waals surface area contributed by atoms with Gasteiger partial charge in [-0.2, -0.15) is 0 Å². The molecule has 1 amide bonds. The molecule has 0 radical (unpaired) electrons. The van der Waals surface area contributed by atoms with Gasteiger partial charge in [0.25, 0.3) is 11.6 Å². The van der Waals surface area contributed by atoms with E-state index in [2.05, 4.69) is 49.6 Å². The van der Waals surface area contributed by atoms with E-state index in [1.807, 2.05) is 45.2 Å². The molecule has 4 heterocycles. The molecular weight excluding hydrogens is 414 g/mol. The van der Waals surface area contributed by atoms with Gasteiger partial charge in [-0.25, -0.2) is 9.97 Å². The SMILES string of the molecule is Cc1noc2nc(C(C)C)cc(C(=O)NCc3ccc(N4CCc5ccccc5C4)nc3)c12.